The Morgan fingerprint density at radius 2 is 1.96 bits per heavy atom. The van der Waals surface area contributed by atoms with Crippen LogP contribution in [0.3, 0.4) is 0 Å². The second-order valence-corrected chi connectivity index (χ2v) is 7.67. The minimum absolute atomic E-state index is 0.0535. The first-order valence-electron chi connectivity index (χ1n) is 9.57. The molecule has 0 bridgehead atoms. The molecule has 0 heterocycles. The molecule has 1 aliphatic carbocycles. The molecule has 1 aromatic rings. The standard InChI is InChI=1S/C23H32O2/c1-5-6-7-8-9-19-11-13-20(14-12-19)23(24)25-22-16-18(4)10-15-21(22)17(2)3/h5,7-8,11-14,17-18,21-22H,1,6,9-10,15-16H2,2-4H3/b8-7+/t18-,21+,22-/m1/s1. The molecule has 0 radical (unpaired) electrons. The van der Waals surface area contributed by atoms with Gasteiger partial charge >= 0.3 is 5.97 Å². The van der Waals surface area contributed by atoms with Gasteiger partial charge in [-0.25, -0.2) is 4.79 Å². The van der Waals surface area contributed by atoms with Gasteiger partial charge in [0.05, 0.1) is 5.56 Å². The molecule has 136 valence electrons. The largest absolute Gasteiger partial charge is 0.458 e. The minimum Gasteiger partial charge on any atom is -0.458 e. The predicted molar refractivity (Wildman–Crippen MR) is 105 cm³/mol. The smallest absolute Gasteiger partial charge is 0.338 e. The van der Waals surface area contributed by atoms with Gasteiger partial charge in [0.25, 0.3) is 0 Å². The lowest BCUT2D eigenvalue weighted by molar-refractivity contribution is -0.0174. The van der Waals surface area contributed by atoms with Crippen LogP contribution in [-0.4, -0.2) is 12.1 Å². The van der Waals surface area contributed by atoms with E-state index in [1.165, 1.54) is 12.0 Å². The summed E-state index contributed by atoms with van der Waals surface area (Å²) in [5, 5.41) is 0. The van der Waals surface area contributed by atoms with Crippen molar-refractivity contribution < 1.29 is 9.53 Å². The monoisotopic (exact) mass is 340 g/mol. The second-order valence-electron chi connectivity index (χ2n) is 7.67. The van der Waals surface area contributed by atoms with E-state index >= 15 is 0 Å². The minimum atomic E-state index is -0.182. The molecule has 2 rings (SSSR count). The molecule has 1 saturated carbocycles. The summed E-state index contributed by atoms with van der Waals surface area (Å²) < 4.78 is 5.91. The molecule has 0 N–H and O–H groups in total. The number of allylic oxidation sites excluding steroid dienone is 3. The van der Waals surface area contributed by atoms with Crippen LogP contribution in [0.15, 0.2) is 49.1 Å². The normalized spacial score (nSPS) is 23.8. The van der Waals surface area contributed by atoms with Gasteiger partial charge in [-0.15, -0.1) is 6.58 Å². The van der Waals surface area contributed by atoms with Crippen molar-refractivity contribution in [1.82, 2.24) is 0 Å². The molecular formula is C23H32O2. The number of carbonyl (C=O) groups is 1. The highest BCUT2D eigenvalue weighted by atomic mass is 16.5. The lowest BCUT2D eigenvalue weighted by Gasteiger charge is -2.36. The molecule has 0 aromatic heterocycles. The number of esters is 1. The van der Waals surface area contributed by atoms with Crippen molar-refractivity contribution in [3.05, 3.63) is 60.2 Å². The summed E-state index contributed by atoms with van der Waals surface area (Å²) in [5.74, 6) is 1.49. The average Bonchev–Trinajstić information content (AvgIpc) is 2.59. The first-order chi connectivity index (χ1) is 12.0. The summed E-state index contributed by atoms with van der Waals surface area (Å²) in [6.45, 7) is 10.4. The van der Waals surface area contributed by atoms with E-state index in [4.69, 9.17) is 4.74 Å². The first kappa shape index (κ1) is 19.5. The topological polar surface area (TPSA) is 26.3 Å². The summed E-state index contributed by atoms with van der Waals surface area (Å²) in [7, 11) is 0. The molecule has 0 spiro atoms. The van der Waals surface area contributed by atoms with Crippen molar-refractivity contribution in [2.75, 3.05) is 0 Å². The summed E-state index contributed by atoms with van der Waals surface area (Å²) in [6.07, 6.45) is 11.3. The van der Waals surface area contributed by atoms with E-state index in [0.29, 0.717) is 23.3 Å². The highest BCUT2D eigenvalue weighted by Gasteiger charge is 2.33. The van der Waals surface area contributed by atoms with Gasteiger partial charge in [-0.05, 0) is 61.1 Å². The molecule has 25 heavy (non-hydrogen) atoms. The van der Waals surface area contributed by atoms with Crippen LogP contribution in [0.2, 0.25) is 0 Å². The van der Waals surface area contributed by atoms with Crippen LogP contribution in [0.5, 0.6) is 0 Å². The van der Waals surface area contributed by atoms with Crippen LogP contribution in [0.1, 0.15) is 62.4 Å². The number of rotatable bonds is 7. The summed E-state index contributed by atoms with van der Waals surface area (Å²) in [6, 6.07) is 7.79. The fourth-order valence-corrected chi connectivity index (χ4v) is 3.64. The van der Waals surface area contributed by atoms with E-state index in [9.17, 15) is 4.79 Å². The summed E-state index contributed by atoms with van der Waals surface area (Å²) in [4.78, 5) is 12.6. The fraction of sp³-hybridized carbons (Fsp3) is 0.522. The fourth-order valence-electron chi connectivity index (χ4n) is 3.64. The van der Waals surface area contributed by atoms with Gasteiger partial charge in [0.2, 0.25) is 0 Å². The zero-order valence-electron chi connectivity index (χ0n) is 15.9. The molecule has 1 aliphatic rings. The van der Waals surface area contributed by atoms with E-state index in [0.717, 1.165) is 25.7 Å². The van der Waals surface area contributed by atoms with Crippen molar-refractivity contribution >= 4 is 5.97 Å². The number of hydrogen-bond acceptors (Lipinski definition) is 2. The summed E-state index contributed by atoms with van der Waals surface area (Å²) >= 11 is 0. The Labute approximate surface area is 153 Å². The predicted octanol–water partition coefficient (Wildman–Crippen LogP) is 5.98. The maximum atomic E-state index is 12.6. The van der Waals surface area contributed by atoms with E-state index in [2.05, 4.69) is 39.5 Å². The lowest BCUT2D eigenvalue weighted by atomic mass is 9.75. The molecule has 0 unspecified atom stereocenters. The van der Waals surface area contributed by atoms with E-state index in [-0.39, 0.29) is 12.1 Å². The van der Waals surface area contributed by atoms with Gasteiger partial charge in [-0.2, -0.15) is 0 Å². The number of ether oxygens (including phenoxy) is 1. The number of hydrogen-bond donors (Lipinski definition) is 0. The van der Waals surface area contributed by atoms with Gasteiger partial charge < -0.3 is 4.74 Å². The van der Waals surface area contributed by atoms with Crippen molar-refractivity contribution in [1.29, 1.82) is 0 Å². The van der Waals surface area contributed by atoms with Gasteiger partial charge in [-0.3, -0.25) is 0 Å². The molecule has 3 atom stereocenters. The summed E-state index contributed by atoms with van der Waals surface area (Å²) in [5.41, 5.74) is 1.85. The van der Waals surface area contributed by atoms with Crippen molar-refractivity contribution in [2.45, 2.75) is 59.0 Å². The SMILES string of the molecule is C=CC/C=C/Cc1ccc(C(=O)O[C@@H]2C[C@H](C)CC[C@H]2C(C)C)cc1. The molecule has 0 saturated heterocycles. The molecule has 1 aromatic carbocycles. The maximum absolute atomic E-state index is 12.6. The van der Waals surface area contributed by atoms with Crippen molar-refractivity contribution in [3.8, 4) is 0 Å². The van der Waals surface area contributed by atoms with E-state index < -0.39 is 0 Å². The molecule has 2 heteroatoms. The van der Waals surface area contributed by atoms with Gasteiger partial charge in [-0.1, -0.05) is 57.6 Å². The second kappa shape index (κ2) is 9.60. The molecule has 0 aliphatic heterocycles. The first-order valence-corrected chi connectivity index (χ1v) is 9.57. The van der Waals surface area contributed by atoms with Crippen LogP contribution in [-0.2, 0) is 11.2 Å². The Morgan fingerprint density at radius 3 is 2.60 bits per heavy atom. The van der Waals surface area contributed by atoms with Gasteiger partial charge in [0, 0.05) is 0 Å². The van der Waals surface area contributed by atoms with Crippen molar-refractivity contribution in [2.24, 2.45) is 17.8 Å². The van der Waals surface area contributed by atoms with E-state index in [1.807, 2.05) is 30.3 Å². The maximum Gasteiger partial charge on any atom is 0.338 e. The lowest BCUT2D eigenvalue weighted by Crippen LogP contribution is -2.35. The molecule has 2 nitrogen and oxygen atoms in total. The van der Waals surface area contributed by atoms with Crippen LogP contribution in [0.25, 0.3) is 0 Å². The van der Waals surface area contributed by atoms with E-state index in [1.54, 1.807) is 0 Å². The molecule has 1 fully saturated rings. The Bertz CT molecular complexity index is 583. The third-order valence-electron chi connectivity index (χ3n) is 5.23. The third-order valence-corrected chi connectivity index (χ3v) is 5.23. The van der Waals surface area contributed by atoms with Gasteiger partial charge in [0.1, 0.15) is 6.10 Å². The average molecular weight is 341 g/mol. The van der Waals surface area contributed by atoms with Crippen LogP contribution in [0.4, 0.5) is 0 Å². The highest BCUT2D eigenvalue weighted by molar-refractivity contribution is 5.89. The Kier molecular flexibility index (Phi) is 7.49. The molecule has 0 amide bonds. The Hall–Kier alpha value is -1.83. The highest BCUT2D eigenvalue weighted by Crippen LogP contribution is 2.35. The van der Waals surface area contributed by atoms with Gasteiger partial charge in [0.15, 0.2) is 0 Å². The van der Waals surface area contributed by atoms with Crippen LogP contribution >= 0.6 is 0 Å². The Balaban J connectivity index is 1.96. The third kappa shape index (κ3) is 5.88. The zero-order valence-corrected chi connectivity index (χ0v) is 15.9. The quantitative estimate of drug-likeness (QED) is 0.451. The van der Waals surface area contributed by atoms with Crippen LogP contribution in [0, 0.1) is 17.8 Å². The Morgan fingerprint density at radius 1 is 1.24 bits per heavy atom. The number of carbonyl (C=O) groups excluding carboxylic acids is 1. The van der Waals surface area contributed by atoms with Crippen molar-refractivity contribution in [3.63, 3.8) is 0 Å². The number of benzene rings is 1. The molecular weight excluding hydrogens is 308 g/mol. The zero-order chi connectivity index (χ0) is 18.2. The van der Waals surface area contributed by atoms with Crippen LogP contribution < -0.4 is 0 Å².